The summed E-state index contributed by atoms with van der Waals surface area (Å²) >= 11 is 0. The van der Waals surface area contributed by atoms with Crippen LogP contribution in [0.3, 0.4) is 0 Å². The predicted molar refractivity (Wildman–Crippen MR) is 83.5 cm³/mol. The van der Waals surface area contributed by atoms with Crippen molar-refractivity contribution in [3.8, 4) is 0 Å². The van der Waals surface area contributed by atoms with E-state index in [-0.39, 0.29) is 5.91 Å². The van der Waals surface area contributed by atoms with Crippen molar-refractivity contribution in [1.29, 1.82) is 0 Å². The van der Waals surface area contributed by atoms with E-state index in [0.29, 0.717) is 11.3 Å². The summed E-state index contributed by atoms with van der Waals surface area (Å²) in [7, 11) is 1.76. The van der Waals surface area contributed by atoms with Gasteiger partial charge in [-0.05, 0) is 18.2 Å². The molecule has 0 fully saturated rings. The third kappa shape index (κ3) is 2.53. The lowest BCUT2D eigenvalue weighted by Crippen LogP contribution is -2.14. The van der Waals surface area contributed by atoms with Crippen LogP contribution in [-0.2, 0) is 0 Å². The van der Waals surface area contributed by atoms with Gasteiger partial charge in [-0.15, -0.1) is 0 Å². The maximum Gasteiger partial charge on any atom is 0.257 e. The van der Waals surface area contributed by atoms with Gasteiger partial charge in [0.05, 0.1) is 17.4 Å². The van der Waals surface area contributed by atoms with Gasteiger partial charge < -0.3 is 10.6 Å². The summed E-state index contributed by atoms with van der Waals surface area (Å²) < 4.78 is 0. The zero-order valence-electron chi connectivity index (χ0n) is 11.5. The molecule has 3 rings (SSSR count). The standard InChI is InChI=1S/C16H14N4O/c1-17-15-10-19-8-6-13(15)16(21)20-14-4-2-3-11-9-18-7-5-12(11)14/h2-10,17H,1H3,(H,20,21). The van der Waals surface area contributed by atoms with Crippen LogP contribution in [0.1, 0.15) is 10.4 Å². The van der Waals surface area contributed by atoms with Crippen molar-refractivity contribution in [2.75, 3.05) is 17.7 Å². The third-order valence-corrected chi connectivity index (χ3v) is 3.26. The zero-order valence-corrected chi connectivity index (χ0v) is 11.5. The van der Waals surface area contributed by atoms with E-state index >= 15 is 0 Å². The Bertz CT molecular complexity index is 796. The molecule has 0 unspecified atom stereocenters. The number of hydrogen-bond acceptors (Lipinski definition) is 4. The second-order valence-electron chi connectivity index (χ2n) is 4.53. The Hall–Kier alpha value is -2.95. The van der Waals surface area contributed by atoms with Gasteiger partial charge in [0.1, 0.15) is 0 Å². The Balaban J connectivity index is 1.97. The molecule has 21 heavy (non-hydrogen) atoms. The monoisotopic (exact) mass is 278 g/mol. The maximum absolute atomic E-state index is 12.4. The average molecular weight is 278 g/mol. The van der Waals surface area contributed by atoms with E-state index in [1.807, 2.05) is 24.3 Å². The Labute approximate surface area is 122 Å². The molecule has 0 spiro atoms. The smallest absolute Gasteiger partial charge is 0.257 e. The molecule has 0 radical (unpaired) electrons. The van der Waals surface area contributed by atoms with Gasteiger partial charge in [0.2, 0.25) is 0 Å². The number of nitrogens with zero attached hydrogens (tertiary/aromatic N) is 2. The van der Waals surface area contributed by atoms with Gasteiger partial charge in [-0.3, -0.25) is 14.8 Å². The molecule has 5 heteroatoms. The highest BCUT2D eigenvalue weighted by Crippen LogP contribution is 2.23. The van der Waals surface area contributed by atoms with Gasteiger partial charge in [0.15, 0.2) is 0 Å². The molecule has 3 aromatic rings. The normalized spacial score (nSPS) is 10.3. The molecule has 0 aliphatic carbocycles. The molecule has 2 N–H and O–H groups in total. The van der Waals surface area contributed by atoms with Crippen molar-refractivity contribution in [3.05, 3.63) is 60.7 Å². The highest BCUT2D eigenvalue weighted by molar-refractivity contribution is 6.11. The van der Waals surface area contributed by atoms with E-state index in [9.17, 15) is 4.79 Å². The summed E-state index contributed by atoms with van der Waals surface area (Å²) in [6.45, 7) is 0. The van der Waals surface area contributed by atoms with Gasteiger partial charge >= 0.3 is 0 Å². The van der Waals surface area contributed by atoms with Crippen LogP contribution in [-0.4, -0.2) is 22.9 Å². The number of amides is 1. The first-order valence-corrected chi connectivity index (χ1v) is 6.55. The quantitative estimate of drug-likeness (QED) is 0.773. The summed E-state index contributed by atoms with van der Waals surface area (Å²) in [6, 6.07) is 9.30. The second-order valence-corrected chi connectivity index (χ2v) is 4.53. The van der Waals surface area contributed by atoms with Crippen molar-refractivity contribution in [3.63, 3.8) is 0 Å². The van der Waals surface area contributed by atoms with E-state index in [0.717, 1.165) is 16.5 Å². The first-order chi connectivity index (χ1) is 10.3. The number of anilines is 2. The van der Waals surface area contributed by atoms with E-state index < -0.39 is 0 Å². The molecule has 0 aliphatic heterocycles. The van der Waals surface area contributed by atoms with Gasteiger partial charge in [-0.25, -0.2) is 0 Å². The number of aromatic nitrogens is 2. The minimum Gasteiger partial charge on any atom is -0.386 e. The number of hydrogen-bond donors (Lipinski definition) is 2. The van der Waals surface area contributed by atoms with Gasteiger partial charge in [0, 0.05) is 42.1 Å². The number of fused-ring (bicyclic) bond motifs is 1. The lowest BCUT2D eigenvalue weighted by atomic mass is 10.1. The van der Waals surface area contributed by atoms with Crippen LogP contribution >= 0.6 is 0 Å². The number of benzene rings is 1. The molecular weight excluding hydrogens is 264 g/mol. The summed E-state index contributed by atoms with van der Waals surface area (Å²) in [4.78, 5) is 20.5. The molecule has 0 saturated carbocycles. The predicted octanol–water partition coefficient (Wildman–Crippen LogP) is 2.92. The minimum atomic E-state index is -0.175. The molecule has 2 heterocycles. The molecule has 104 valence electrons. The Morgan fingerprint density at radius 1 is 1.00 bits per heavy atom. The van der Waals surface area contributed by atoms with Crippen molar-refractivity contribution >= 4 is 28.1 Å². The molecule has 0 atom stereocenters. The first kappa shape index (κ1) is 13.1. The second kappa shape index (κ2) is 5.58. The summed E-state index contributed by atoms with van der Waals surface area (Å²) in [5.41, 5.74) is 2.01. The molecule has 0 saturated heterocycles. The number of pyridine rings is 2. The summed E-state index contributed by atoms with van der Waals surface area (Å²) in [6.07, 6.45) is 6.71. The third-order valence-electron chi connectivity index (χ3n) is 3.26. The van der Waals surface area contributed by atoms with E-state index in [2.05, 4.69) is 20.6 Å². The zero-order chi connectivity index (χ0) is 14.7. The van der Waals surface area contributed by atoms with Gasteiger partial charge in [0.25, 0.3) is 5.91 Å². The molecule has 1 aromatic carbocycles. The number of rotatable bonds is 3. The minimum absolute atomic E-state index is 0.175. The summed E-state index contributed by atoms with van der Waals surface area (Å²) in [5.74, 6) is -0.175. The van der Waals surface area contributed by atoms with Gasteiger partial charge in [-0.1, -0.05) is 12.1 Å². The Morgan fingerprint density at radius 3 is 2.67 bits per heavy atom. The molecule has 1 amide bonds. The van der Waals surface area contributed by atoms with E-state index in [1.165, 1.54) is 0 Å². The highest BCUT2D eigenvalue weighted by atomic mass is 16.1. The van der Waals surface area contributed by atoms with Crippen molar-refractivity contribution in [2.24, 2.45) is 0 Å². The number of nitrogens with one attached hydrogen (secondary N) is 2. The fraction of sp³-hybridized carbons (Fsp3) is 0.0625. The van der Waals surface area contributed by atoms with Crippen molar-refractivity contribution in [1.82, 2.24) is 9.97 Å². The number of carbonyl (C=O) groups is 1. The van der Waals surface area contributed by atoms with E-state index in [1.54, 1.807) is 37.9 Å². The summed E-state index contributed by atoms with van der Waals surface area (Å²) in [5, 5.41) is 7.85. The topological polar surface area (TPSA) is 66.9 Å². The molecule has 2 aromatic heterocycles. The van der Waals surface area contributed by atoms with Crippen LogP contribution in [0.2, 0.25) is 0 Å². The maximum atomic E-state index is 12.4. The van der Waals surface area contributed by atoms with Crippen LogP contribution in [0.25, 0.3) is 10.8 Å². The van der Waals surface area contributed by atoms with Crippen molar-refractivity contribution in [2.45, 2.75) is 0 Å². The lowest BCUT2D eigenvalue weighted by molar-refractivity contribution is 0.102. The Morgan fingerprint density at radius 2 is 1.81 bits per heavy atom. The SMILES string of the molecule is CNc1cnccc1C(=O)Nc1cccc2cnccc12. The van der Waals surface area contributed by atoms with Crippen LogP contribution in [0, 0.1) is 0 Å². The first-order valence-electron chi connectivity index (χ1n) is 6.55. The fourth-order valence-corrected chi connectivity index (χ4v) is 2.21. The Kier molecular flexibility index (Phi) is 3.47. The molecular formula is C16H14N4O. The van der Waals surface area contributed by atoms with Crippen LogP contribution in [0.4, 0.5) is 11.4 Å². The van der Waals surface area contributed by atoms with Crippen molar-refractivity contribution < 1.29 is 4.79 Å². The lowest BCUT2D eigenvalue weighted by Gasteiger charge is -2.11. The van der Waals surface area contributed by atoms with Crippen LogP contribution in [0.5, 0.6) is 0 Å². The van der Waals surface area contributed by atoms with Crippen LogP contribution < -0.4 is 10.6 Å². The van der Waals surface area contributed by atoms with E-state index in [4.69, 9.17) is 0 Å². The molecule has 5 nitrogen and oxygen atoms in total. The average Bonchev–Trinajstić information content (AvgIpc) is 2.55. The molecule has 0 bridgehead atoms. The number of carbonyl (C=O) groups excluding carboxylic acids is 1. The fourth-order valence-electron chi connectivity index (χ4n) is 2.21. The van der Waals surface area contributed by atoms with Crippen LogP contribution in [0.15, 0.2) is 55.1 Å². The molecule has 0 aliphatic rings. The highest BCUT2D eigenvalue weighted by Gasteiger charge is 2.12. The van der Waals surface area contributed by atoms with Gasteiger partial charge in [-0.2, -0.15) is 0 Å². The largest absolute Gasteiger partial charge is 0.386 e.